The zero-order valence-corrected chi connectivity index (χ0v) is 27.2. The smallest absolute Gasteiger partial charge is 0.318 e. The van der Waals surface area contributed by atoms with Crippen LogP contribution < -0.4 is 14.5 Å². The molecule has 4 aromatic rings. The van der Waals surface area contributed by atoms with E-state index in [-0.39, 0.29) is 6.04 Å². The number of likely N-dealkylation sites (N-methyl/N-ethyl adjacent to an activating group) is 1. The van der Waals surface area contributed by atoms with Crippen molar-refractivity contribution in [1.29, 1.82) is 0 Å². The monoisotopic (exact) mass is 619 g/mol. The van der Waals surface area contributed by atoms with E-state index in [4.69, 9.17) is 14.7 Å². The molecule has 0 spiro atoms. The van der Waals surface area contributed by atoms with Gasteiger partial charge in [-0.3, -0.25) is 0 Å². The number of rotatable bonds is 10. The summed E-state index contributed by atoms with van der Waals surface area (Å²) in [4.78, 5) is 30.6. The maximum absolute atomic E-state index is 6.36. The van der Waals surface area contributed by atoms with Crippen molar-refractivity contribution in [2.24, 2.45) is 9.98 Å². The lowest BCUT2D eigenvalue weighted by molar-refractivity contribution is 0.187. The molecule has 10 nitrogen and oxygen atoms in total. The average Bonchev–Trinajstić information content (AvgIpc) is 3.76. The second-order valence-corrected chi connectivity index (χ2v) is 12.9. The van der Waals surface area contributed by atoms with Gasteiger partial charge in [0.2, 0.25) is 0 Å². The molecule has 0 amide bonds. The minimum atomic E-state index is 0.241. The molecular formula is C36H45N9O. The number of aryl methyl sites for hydroxylation is 2. The first-order chi connectivity index (χ1) is 22.6. The topological polar surface area (TPSA) is 87.3 Å². The summed E-state index contributed by atoms with van der Waals surface area (Å²) in [5.41, 5.74) is 4.93. The van der Waals surface area contributed by atoms with Gasteiger partial charge in [0.1, 0.15) is 12.4 Å². The van der Waals surface area contributed by atoms with Crippen LogP contribution >= 0.6 is 0 Å². The molecule has 2 saturated heterocycles. The summed E-state index contributed by atoms with van der Waals surface area (Å²) >= 11 is 0. The molecule has 1 atom stereocenters. The first-order valence-corrected chi connectivity index (χ1v) is 16.9. The Morgan fingerprint density at radius 3 is 2.67 bits per heavy atom. The lowest BCUT2D eigenvalue weighted by Gasteiger charge is -2.36. The van der Waals surface area contributed by atoms with Gasteiger partial charge in [-0.15, -0.1) is 0 Å². The minimum absolute atomic E-state index is 0.241. The Hall–Kier alpha value is -4.27. The van der Waals surface area contributed by atoms with E-state index in [0.29, 0.717) is 18.7 Å². The number of ether oxygens (including phenoxy) is 1. The van der Waals surface area contributed by atoms with E-state index in [0.717, 1.165) is 89.4 Å². The van der Waals surface area contributed by atoms with Crippen molar-refractivity contribution in [3.8, 4) is 6.01 Å². The molecule has 0 bridgehead atoms. The van der Waals surface area contributed by atoms with Gasteiger partial charge >= 0.3 is 6.01 Å². The summed E-state index contributed by atoms with van der Waals surface area (Å²) in [6.45, 7) is 9.07. The molecule has 3 aliphatic rings. The van der Waals surface area contributed by atoms with Crippen molar-refractivity contribution < 1.29 is 4.74 Å². The SMILES string of the molecule is Cc1cccc2cccc(N3CCc4c(nc(OC[C@@H]5CCCN5C)nc4N4CCC(N=C=NCCCn5ccnc5)CC4)C3)c12. The fourth-order valence-corrected chi connectivity index (χ4v) is 7.18. The number of fused-ring (bicyclic) bond motifs is 2. The Bertz CT molecular complexity index is 1680. The van der Waals surface area contributed by atoms with Gasteiger partial charge in [-0.2, -0.15) is 9.97 Å². The number of anilines is 2. The summed E-state index contributed by atoms with van der Waals surface area (Å²) in [5.74, 6) is 1.05. The van der Waals surface area contributed by atoms with Gasteiger partial charge in [0.15, 0.2) is 0 Å². The molecule has 2 aromatic carbocycles. The number of hydrogen-bond acceptors (Lipinski definition) is 9. The third-order valence-corrected chi connectivity index (χ3v) is 9.85. The highest BCUT2D eigenvalue weighted by atomic mass is 16.5. The normalized spacial score (nSPS) is 18.9. The zero-order valence-electron chi connectivity index (χ0n) is 27.2. The fourth-order valence-electron chi connectivity index (χ4n) is 7.18. The number of imidazole rings is 1. The maximum Gasteiger partial charge on any atom is 0.318 e. The van der Waals surface area contributed by atoms with Crippen LogP contribution in [-0.2, 0) is 19.5 Å². The standard InChI is InChI=1S/C36H45N9O/c1-27-7-3-8-28-9-4-11-33(34(27)28)45-21-14-31-32(23-45)40-36(46-24-30-10-5-17-42(30)2)41-35(31)44-19-12-29(13-20-44)39-25-37-15-6-18-43-22-16-38-26-43/h3-4,7-9,11,16,22,26,29-30H,5-6,10,12-15,17-21,23-24H2,1-2H3/t30-/m0/s1. The van der Waals surface area contributed by atoms with Crippen molar-refractivity contribution in [1.82, 2.24) is 24.4 Å². The first kappa shape index (κ1) is 30.4. The highest BCUT2D eigenvalue weighted by molar-refractivity contribution is 5.97. The van der Waals surface area contributed by atoms with Crippen LogP contribution in [0.3, 0.4) is 0 Å². The summed E-state index contributed by atoms with van der Waals surface area (Å²) in [5, 5.41) is 2.61. The molecule has 0 saturated carbocycles. The summed E-state index contributed by atoms with van der Waals surface area (Å²) < 4.78 is 8.43. The third kappa shape index (κ3) is 6.78. The molecule has 5 heterocycles. The molecule has 0 aliphatic carbocycles. The molecule has 240 valence electrons. The van der Waals surface area contributed by atoms with E-state index >= 15 is 0 Å². The van der Waals surface area contributed by atoms with Gasteiger partial charge in [0.05, 0.1) is 37.2 Å². The summed E-state index contributed by atoms with van der Waals surface area (Å²) in [7, 11) is 2.18. The lowest BCUT2D eigenvalue weighted by atomic mass is 9.99. The number of aliphatic imine (C=N–C) groups is 2. The Morgan fingerprint density at radius 2 is 1.87 bits per heavy atom. The van der Waals surface area contributed by atoms with E-state index in [9.17, 15) is 0 Å². The Labute approximate surface area is 271 Å². The predicted octanol–water partition coefficient (Wildman–Crippen LogP) is 5.40. The third-order valence-electron chi connectivity index (χ3n) is 9.85. The molecule has 2 fully saturated rings. The number of nitrogens with zero attached hydrogens (tertiary/aromatic N) is 9. The summed E-state index contributed by atoms with van der Waals surface area (Å²) in [6.07, 6.45) is 11.8. The van der Waals surface area contributed by atoms with Gasteiger partial charge < -0.3 is 24.0 Å². The van der Waals surface area contributed by atoms with Gasteiger partial charge in [-0.1, -0.05) is 30.3 Å². The van der Waals surface area contributed by atoms with Gasteiger partial charge in [0, 0.05) is 61.3 Å². The van der Waals surface area contributed by atoms with Crippen molar-refractivity contribution in [2.45, 2.75) is 70.6 Å². The number of benzene rings is 2. The molecule has 0 N–H and O–H groups in total. The number of aromatic nitrogens is 4. The Balaban J connectivity index is 1.07. The van der Waals surface area contributed by atoms with Crippen molar-refractivity contribution in [3.63, 3.8) is 0 Å². The Morgan fingerprint density at radius 1 is 1.00 bits per heavy atom. The van der Waals surface area contributed by atoms with Gasteiger partial charge in [-0.05, 0) is 76.1 Å². The second-order valence-electron chi connectivity index (χ2n) is 12.9. The first-order valence-electron chi connectivity index (χ1n) is 16.9. The highest BCUT2D eigenvalue weighted by Gasteiger charge is 2.29. The van der Waals surface area contributed by atoms with Crippen LogP contribution in [0.15, 0.2) is 65.1 Å². The van der Waals surface area contributed by atoms with Crippen LogP contribution in [-0.4, -0.2) is 88.9 Å². The molecule has 0 radical (unpaired) electrons. The van der Waals surface area contributed by atoms with Crippen LogP contribution in [0.1, 0.15) is 48.9 Å². The van der Waals surface area contributed by atoms with E-state index in [1.807, 2.05) is 12.5 Å². The number of piperidine rings is 1. The quantitative estimate of drug-likeness (QED) is 0.174. The zero-order chi connectivity index (χ0) is 31.3. The molecular weight excluding hydrogens is 574 g/mol. The lowest BCUT2D eigenvalue weighted by Crippen LogP contribution is -2.39. The molecule has 2 aromatic heterocycles. The van der Waals surface area contributed by atoms with Crippen LogP contribution in [0.2, 0.25) is 0 Å². The highest BCUT2D eigenvalue weighted by Crippen LogP contribution is 2.36. The van der Waals surface area contributed by atoms with E-state index in [2.05, 4.69) is 90.6 Å². The van der Waals surface area contributed by atoms with Gasteiger partial charge in [-0.25, -0.2) is 15.0 Å². The van der Waals surface area contributed by atoms with Crippen LogP contribution in [0.5, 0.6) is 6.01 Å². The minimum Gasteiger partial charge on any atom is -0.462 e. The van der Waals surface area contributed by atoms with Crippen LogP contribution in [0.4, 0.5) is 11.5 Å². The maximum atomic E-state index is 6.36. The van der Waals surface area contributed by atoms with Crippen molar-refractivity contribution in [2.75, 3.05) is 56.2 Å². The molecule has 0 unspecified atom stereocenters. The molecule has 46 heavy (non-hydrogen) atoms. The van der Waals surface area contributed by atoms with Gasteiger partial charge in [0.25, 0.3) is 0 Å². The average molecular weight is 620 g/mol. The largest absolute Gasteiger partial charge is 0.462 e. The van der Waals surface area contributed by atoms with E-state index < -0.39 is 0 Å². The van der Waals surface area contributed by atoms with Crippen LogP contribution in [0, 0.1) is 6.92 Å². The van der Waals surface area contributed by atoms with Crippen molar-refractivity contribution in [3.05, 3.63) is 71.9 Å². The molecule has 10 heteroatoms. The van der Waals surface area contributed by atoms with Crippen molar-refractivity contribution >= 4 is 28.3 Å². The Kier molecular flexibility index (Phi) is 9.26. The second kappa shape index (κ2) is 14.0. The molecule has 7 rings (SSSR count). The van der Waals surface area contributed by atoms with E-state index in [1.54, 1.807) is 6.20 Å². The predicted molar refractivity (Wildman–Crippen MR) is 183 cm³/mol. The van der Waals surface area contributed by atoms with Crippen LogP contribution in [0.25, 0.3) is 10.8 Å². The summed E-state index contributed by atoms with van der Waals surface area (Å²) in [6, 6.07) is 17.3. The number of hydrogen-bond donors (Lipinski definition) is 0. The fraction of sp³-hybridized carbons (Fsp3) is 0.500. The molecule has 3 aliphatic heterocycles. The van der Waals surface area contributed by atoms with E-state index in [1.165, 1.54) is 34.0 Å². The number of likely N-dealkylation sites (tertiary alicyclic amines) is 1.